The molecule has 2 aromatic rings. The number of rotatable bonds is 3. The van der Waals surface area contributed by atoms with Crippen LogP contribution in [0.1, 0.15) is 16.7 Å². The van der Waals surface area contributed by atoms with Crippen molar-refractivity contribution in [2.24, 2.45) is 0 Å². The Hall–Kier alpha value is -2.54. The van der Waals surface area contributed by atoms with Crippen molar-refractivity contribution in [3.8, 4) is 11.8 Å². The van der Waals surface area contributed by atoms with Crippen LogP contribution < -0.4 is 5.32 Å². The van der Waals surface area contributed by atoms with E-state index < -0.39 is 5.82 Å². The molecule has 0 bridgehead atoms. The standard InChI is InChI=1S/C15H13FN2O/c1-10-3-2-4-15(14(10)8-17)18-9-11-5-12(16)7-13(19)6-11/h2-7,18-19H,9H2,1H3. The zero-order valence-corrected chi connectivity index (χ0v) is 10.4. The van der Waals surface area contributed by atoms with Crippen LogP contribution in [0.2, 0.25) is 0 Å². The molecule has 0 aliphatic heterocycles. The van der Waals surface area contributed by atoms with E-state index in [0.29, 0.717) is 23.4 Å². The smallest absolute Gasteiger partial charge is 0.127 e. The maximum absolute atomic E-state index is 13.1. The lowest BCUT2D eigenvalue weighted by Gasteiger charge is -2.10. The van der Waals surface area contributed by atoms with E-state index in [0.717, 1.165) is 11.6 Å². The summed E-state index contributed by atoms with van der Waals surface area (Å²) in [6.45, 7) is 2.20. The lowest BCUT2D eigenvalue weighted by Crippen LogP contribution is -2.02. The minimum absolute atomic E-state index is 0.110. The third-order valence-electron chi connectivity index (χ3n) is 2.81. The van der Waals surface area contributed by atoms with Gasteiger partial charge in [-0.15, -0.1) is 0 Å². The van der Waals surface area contributed by atoms with E-state index in [9.17, 15) is 9.50 Å². The normalized spacial score (nSPS) is 9.95. The molecule has 2 rings (SSSR count). The van der Waals surface area contributed by atoms with Crippen LogP contribution in [0.5, 0.6) is 5.75 Å². The zero-order chi connectivity index (χ0) is 13.8. The second kappa shape index (κ2) is 5.40. The van der Waals surface area contributed by atoms with Gasteiger partial charge in [0.25, 0.3) is 0 Å². The fourth-order valence-corrected chi connectivity index (χ4v) is 1.90. The zero-order valence-electron chi connectivity index (χ0n) is 10.4. The first-order valence-corrected chi connectivity index (χ1v) is 5.82. The molecular formula is C15H13FN2O. The second-order valence-corrected chi connectivity index (χ2v) is 4.28. The number of aryl methyl sites for hydroxylation is 1. The van der Waals surface area contributed by atoms with Gasteiger partial charge in [-0.25, -0.2) is 4.39 Å². The van der Waals surface area contributed by atoms with Gasteiger partial charge in [-0.05, 0) is 36.2 Å². The molecule has 0 saturated heterocycles. The van der Waals surface area contributed by atoms with Crippen molar-refractivity contribution in [1.82, 2.24) is 0 Å². The summed E-state index contributed by atoms with van der Waals surface area (Å²) in [5.74, 6) is -0.594. The Morgan fingerprint density at radius 3 is 2.79 bits per heavy atom. The molecule has 19 heavy (non-hydrogen) atoms. The molecule has 3 nitrogen and oxygen atoms in total. The first-order chi connectivity index (χ1) is 9.10. The van der Waals surface area contributed by atoms with Crippen molar-refractivity contribution in [3.05, 3.63) is 58.9 Å². The van der Waals surface area contributed by atoms with Gasteiger partial charge in [-0.2, -0.15) is 5.26 Å². The predicted octanol–water partition coefficient (Wildman–Crippen LogP) is 3.32. The molecule has 0 aliphatic rings. The fraction of sp³-hybridized carbons (Fsp3) is 0.133. The van der Waals surface area contributed by atoms with E-state index in [4.69, 9.17) is 5.26 Å². The molecular weight excluding hydrogens is 243 g/mol. The van der Waals surface area contributed by atoms with Gasteiger partial charge < -0.3 is 10.4 Å². The van der Waals surface area contributed by atoms with Gasteiger partial charge in [0.2, 0.25) is 0 Å². The van der Waals surface area contributed by atoms with Gasteiger partial charge in [0.05, 0.1) is 11.3 Å². The number of nitrogens with zero attached hydrogens (tertiary/aromatic N) is 1. The number of hydrogen-bond acceptors (Lipinski definition) is 3. The van der Waals surface area contributed by atoms with Crippen LogP contribution >= 0.6 is 0 Å². The first-order valence-electron chi connectivity index (χ1n) is 5.82. The Morgan fingerprint density at radius 2 is 2.11 bits per heavy atom. The SMILES string of the molecule is Cc1cccc(NCc2cc(O)cc(F)c2)c1C#N. The Labute approximate surface area is 110 Å². The highest BCUT2D eigenvalue weighted by Gasteiger charge is 2.05. The largest absolute Gasteiger partial charge is 0.508 e. The van der Waals surface area contributed by atoms with Crippen molar-refractivity contribution >= 4 is 5.69 Å². The third kappa shape index (κ3) is 3.02. The van der Waals surface area contributed by atoms with Gasteiger partial charge in [0.1, 0.15) is 17.6 Å². The Bertz CT molecular complexity index is 627. The average molecular weight is 256 g/mol. The topological polar surface area (TPSA) is 56.0 Å². The first kappa shape index (κ1) is 12.9. The summed E-state index contributed by atoms with van der Waals surface area (Å²) >= 11 is 0. The molecule has 0 unspecified atom stereocenters. The summed E-state index contributed by atoms with van der Waals surface area (Å²) < 4.78 is 13.1. The lowest BCUT2D eigenvalue weighted by atomic mass is 10.1. The number of phenolic OH excluding ortho intramolecular Hbond substituents is 1. The summed E-state index contributed by atoms with van der Waals surface area (Å²) in [6.07, 6.45) is 0. The van der Waals surface area contributed by atoms with E-state index >= 15 is 0 Å². The van der Waals surface area contributed by atoms with Crippen molar-refractivity contribution in [1.29, 1.82) is 5.26 Å². The number of benzene rings is 2. The number of hydrogen-bond donors (Lipinski definition) is 2. The summed E-state index contributed by atoms with van der Waals surface area (Å²) in [4.78, 5) is 0. The fourth-order valence-electron chi connectivity index (χ4n) is 1.90. The molecule has 0 radical (unpaired) electrons. The molecule has 4 heteroatoms. The van der Waals surface area contributed by atoms with Gasteiger partial charge >= 0.3 is 0 Å². The molecule has 0 saturated carbocycles. The molecule has 2 N–H and O–H groups in total. The van der Waals surface area contributed by atoms with Crippen molar-refractivity contribution in [2.75, 3.05) is 5.32 Å². The predicted molar refractivity (Wildman–Crippen MR) is 71.3 cm³/mol. The Kier molecular flexibility index (Phi) is 3.67. The van der Waals surface area contributed by atoms with E-state index in [1.54, 1.807) is 6.07 Å². The molecule has 0 amide bonds. The van der Waals surface area contributed by atoms with E-state index in [-0.39, 0.29) is 5.75 Å². The van der Waals surface area contributed by atoms with Gasteiger partial charge in [-0.1, -0.05) is 12.1 Å². The van der Waals surface area contributed by atoms with Crippen molar-refractivity contribution < 1.29 is 9.50 Å². The molecule has 0 atom stereocenters. The van der Waals surface area contributed by atoms with Crippen molar-refractivity contribution in [2.45, 2.75) is 13.5 Å². The highest BCUT2D eigenvalue weighted by Crippen LogP contribution is 2.20. The van der Waals surface area contributed by atoms with Crippen LogP contribution in [-0.4, -0.2) is 5.11 Å². The monoisotopic (exact) mass is 256 g/mol. The van der Waals surface area contributed by atoms with Crippen LogP contribution in [0.15, 0.2) is 36.4 Å². The molecule has 0 spiro atoms. The molecule has 96 valence electrons. The highest BCUT2D eigenvalue weighted by atomic mass is 19.1. The summed E-state index contributed by atoms with van der Waals surface area (Å²) in [6, 6.07) is 11.5. The number of halogens is 1. The minimum Gasteiger partial charge on any atom is -0.508 e. The Balaban J connectivity index is 2.19. The lowest BCUT2D eigenvalue weighted by molar-refractivity contribution is 0.468. The van der Waals surface area contributed by atoms with Crippen molar-refractivity contribution in [3.63, 3.8) is 0 Å². The van der Waals surface area contributed by atoms with Crippen LogP contribution in [0.25, 0.3) is 0 Å². The van der Waals surface area contributed by atoms with Gasteiger partial charge in [0, 0.05) is 12.6 Å². The van der Waals surface area contributed by atoms with Crippen LogP contribution in [0.3, 0.4) is 0 Å². The summed E-state index contributed by atoms with van der Waals surface area (Å²) in [5.41, 5.74) is 2.77. The Morgan fingerprint density at radius 1 is 1.32 bits per heavy atom. The number of anilines is 1. The van der Waals surface area contributed by atoms with Gasteiger partial charge in [0.15, 0.2) is 0 Å². The molecule has 0 heterocycles. The van der Waals surface area contributed by atoms with Crippen LogP contribution in [0, 0.1) is 24.1 Å². The molecule has 0 aromatic heterocycles. The van der Waals surface area contributed by atoms with E-state index in [1.807, 2.05) is 19.1 Å². The van der Waals surface area contributed by atoms with Crippen LogP contribution in [0.4, 0.5) is 10.1 Å². The minimum atomic E-state index is -0.485. The van der Waals surface area contributed by atoms with Gasteiger partial charge in [-0.3, -0.25) is 0 Å². The van der Waals surface area contributed by atoms with E-state index in [1.165, 1.54) is 12.1 Å². The third-order valence-corrected chi connectivity index (χ3v) is 2.81. The summed E-state index contributed by atoms with van der Waals surface area (Å²) in [5, 5.41) is 21.5. The molecule has 0 fully saturated rings. The highest BCUT2D eigenvalue weighted by molar-refractivity contribution is 5.60. The van der Waals surface area contributed by atoms with Crippen LogP contribution in [-0.2, 0) is 6.54 Å². The maximum Gasteiger partial charge on any atom is 0.127 e. The molecule has 0 aliphatic carbocycles. The summed E-state index contributed by atoms with van der Waals surface area (Å²) in [7, 11) is 0. The number of nitriles is 1. The average Bonchev–Trinajstić information content (AvgIpc) is 2.35. The number of nitrogens with one attached hydrogen (secondary N) is 1. The quantitative estimate of drug-likeness (QED) is 0.885. The molecule has 2 aromatic carbocycles. The maximum atomic E-state index is 13.1. The number of aromatic hydroxyl groups is 1. The van der Waals surface area contributed by atoms with E-state index in [2.05, 4.69) is 11.4 Å². The number of phenols is 1. The second-order valence-electron chi connectivity index (χ2n) is 4.28.